The van der Waals surface area contributed by atoms with Crippen molar-refractivity contribution in [2.45, 2.75) is 26.8 Å². The van der Waals surface area contributed by atoms with E-state index in [1.165, 1.54) is 5.69 Å². The third kappa shape index (κ3) is 5.23. The van der Waals surface area contributed by atoms with E-state index in [4.69, 9.17) is 0 Å². The molecule has 29 heavy (non-hydrogen) atoms. The van der Waals surface area contributed by atoms with E-state index < -0.39 is 23.6 Å². The molecule has 1 saturated heterocycles. The van der Waals surface area contributed by atoms with Gasteiger partial charge in [-0.05, 0) is 56.3 Å². The maximum atomic E-state index is 13.7. The van der Waals surface area contributed by atoms with Crippen LogP contribution in [0.3, 0.4) is 0 Å². The average molecular weight is 402 g/mol. The Morgan fingerprint density at radius 2 is 1.79 bits per heavy atom. The molecule has 1 aliphatic rings. The van der Waals surface area contributed by atoms with Crippen LogP contribution in [0.25, 0.3) is 0 Å². The zero-order chi connectivity index (χ0) is 21.0. The van der Waals surface area contributed by atoms with Gasteiger partial charge >= 0.3 is 0 Å². The van der Waals surface area contributed by atoms with Crippen LogP contribution in [0.2, 0.25) is 0 Å². The van der Waals surface area contributed by atoms with Crippen LogP contribution in [-0.4, -0.2) is 49.6 Å². The highest BCUT2D eigenvalue weighted by Crippen LogP contribution is 2.24. The largest absolute Gasteiger partial charge is 0.374 e. The standard InChI is InChI=1S/C22H28F2N4O/c1-4-27-9-11-28(12-10-27)18-6-8-20(15(2)13-18)25-16(3)22(29)26-21-14-17(23)5-7-19(21)24/h5-8,13-14,16,25H,4,9-12H2,1-3H3,(H,26,29)/t16-/m0/s1. The summed E-state index contributed by atoms with van der Waals surface area (Å²) in [6.45, 7) is 11.0. The summed E-state index contributed by atoms with van der Waals surface area (Å²) in [6, 6.07) is 8.48. The van der Waals surface area contributed by atoms with Crippen molar-refractivity contribution in [1.82, 2.24) is 4.90 Å². The predicted molar refractivity (Wildman–Crippen MR) is 114 cm³/mol. The second-order valence-corrected chi connectivity index (χ2v) is 7.40. The number of likely N-dealkylation sites (N-methyl/N-ethyl adjacent to an activating group) is 1. The zero-order valence-corrected chi connectivity index (χ0v) is 17.1. The third-order valence-electron chi connectivity index (χ3n) is 5.35. The summed E-state index contributed by atoms with van der Waals surface area (Å²) in [5.74, 6) is -1.71. The van der Waals surface area contributed by atoms with Gasteiger partial charge in [0, 0.05) is 43.6 Å². The van der Waals surface area contributed by atoms with E-state index in [0.717, 1.165) is 62.2 Å². The van der Waals surface area contributed by atoms with E-state index in [9.17, 15) is 13.6 Å². The van der Waals surface area contributed by atoms with Crippen LogP contribution in [0.4, 0.5) is 25.8 Å². The number of aryl methyl sites for hydroxylation is 1. The van der Waals surface area contributed by atoms with Gasteiger partial charge in [-0.3, -0.25) is 4.79 Å². The topological polar surface area (TPSA) is 47.6 Å². The number of nitrogens with zero attached hydrogens (tertiary/aromatic N) is 2. The highest BCUT2D eigenvalue weighted by Gasteiger charge is 2.18. The number of halogens is 2. The Labute approximate surface area is 170 Å². The summed E-state index contributed by atoms with van der Waals surface area (Å²) in [7, 11) is 0. The molecule has 5 nitrogen and oxygen atoms in total. The first-order chi connectivity index (χ1) is 13.9. The highest BCUT2D eigenvalue weighted by molar-refractivity contribution is 5.96. The van der Waals surface area contributed by atoms with Crippen molar-refractivity contribution >= 4 is 23.0 Å². The molecule has 0 unspecified atom stereocenters. The van der Waals surface area contributed by atoms with Crippen LogP contribution in [0, 0.1) is 18.6 Å². The van der Waals surface area contributed by atoms with E-state index in [2.05, 4.69) is 33.4 Å². The molecule has 0 radical (unpaired) electrons. The molecule has 2 N–H and O–H groups in total. The molecular weight excluding hydrogens is 374 g/mol. The Morgan fingerprint density at radius 3 is 2.45 bits per heavy atom. The lowest BCUT2D eigenvalue weighted by Crippen LogP contribution is -2.46. The van der Waals surface area contributed by atoms with Gasteiger partial charge in [0.1, 0.15) is 17.7 Å². The second kappa shape index (κ2) is 9.22. The van der Waals surface area contributed by atoms with Crippen molar-refractivity contribution < 1.29 is 13.6 Å². The van der Waals surface area contributed by atoms with Crippen LogP contribution in [0.1, 0.15) is 19.4 Å². The van der Waals surface area contributed by atoms with Crippen molar-refractivity contribution in [2.75, 3.05) is 48.3 Å². The maximum Gasteiger partial charge on any atom is 0.246 e. The number of rotatable bonds is 6. The second-order valence-electron chi connectivity index (χ2n) is 7.40. The van der Waals surface area contributed by atoms with Gasteiger partial charge in [-0.2, -0.15) is 0 Å². The Kier molecular flexibility index (Phi) is 6.69. The lowest BCUT2D eigenvalue weighted by atomic mass is 10.1. The maximum absolute atomic E-state index is 13.7. The fourth-order valence-corrected chi connectivity index (χ4v) is 3.46. The Hall–Kier alpha value is -2.67. The van der Waals surface area contributed by atoms with Gasteiger partial charge in [0.25, 0.3) is 0 Å². The SMILES string of the molecule is CCN1CCN(c2ccc(N[C@@H](C)C(=O)Nc3cc(F)ccc3F)c(C)c2)CC1. The van der Waals surface area contributed by atoms with Crippen molar-refractivity contribution in [3.63, 3.8) is 0 Å². The molecule has 3 rings (SSSR count). The van der Waals surface area contributed by atoms with Crippen LogP contribution in [-0.2, 0) is 4.79 Å². The summed E-state index contributed by atoms with van der Waals surface area (Å²) in [5, 5.41) is 5.59. The van der Waals surface area contributed by atoms with Gasteiger partial charge in [0.05, 0.1) is 5.69 Å². The lowest BCUT2D eigenvalue weighted by Gasteiger charge is -2.35. The van der Waals surface area contributed by atoms with Gasteiger partial charge in [0.15, 0.2) is 0 Å². The minimum Gasteiger partial charge on any atom is -0.374 e. The Balaban J connectivity index is 1.62. The number of amides is 1. The predicted octanol–water partition coefficient (Wildman–Crippen LogP) is 3.85. The van der Waals surface area contributed by atoms with Crippen molar-refractivity contribution in [2.24, 2.45) is 0 Å². The molecule has 0 saturated carbocycles. The number of hydrogen-bond acceptors (Lipinski definition) is 4. The van der Waals surface area contributed by atoms with Gasteiger partial charge in [-0.15, -0.1) is 0 Å². The normalized spacial score (nSPS) is 15.8. The summed E-state index contributed by atoms with van der Waals surface area (Å²) in [6.07, 6.45) is 0. The molecule has 2 aromatic carbocycles. The fraction of sp³-hybridized carbons (Fsp3) is 0.409. The van der Waals surface area contributed by atoms with Crippen molar-refractivity contribution in [1.29, 1.82) is 0 Å². The number of carbonyl (C=O) groups is 1. The monoisotopic (exact) mass is 402 g/mol. The van der Waals surface area contributed by atoms with E-state index in [1.54, 1.807) is 6.92 Å². The van der Waals surface area contributed by atoms with Crippen molar-refractivity contribution in [3.8, 4) is 0 Å². The van der Waals surface area contributed by atoms with Crippen LogP contribution >= 0.6 is 0 Å². The third-order valence-corrected chi connectivity index (χ3v) is 5.35. The van der Waals surface area contributed by atoms with E-state index in [1.807, 2.05) is 19.1 Å². The smallest absolute Gasteiger partial charge is 0.246 e. The molecule has 0 aliphatic carbocycles. The Morgan fingerprint density at radius 1 is 1.07 bits per heavy atom. The molecule has 0 spiro atoms. The molecule has 1 atom stereocenters. The molecule has 2 aromatic rings. The number of hydrogen-bond donors (Lipinski definition) is 2. The van der Waals surface area contributed by atoms with E-state index in [0.29, 0.717) is 0 Å². The number of carbonyl (C=O) groups excluding carboxylic acids is 1. The molecule has 7 heteroatoms. The first kappa shape index (κ1) is 21.0. The summed E-state index contributed by atoms with van der Waals surface area (Å²) in [4.78, 5) is 17.2. The molecule has 0 bridgehead atoms. The molecule has 1 amide bonds. The van der Waals surface area contributed by atoms with E-state index >= 15 is 0 Å². The average Bonchev–Trinajstić information content (AvgIpc) is 2.72. The summed E-state index contributed by atoms with van der Waals surface area (Å²) in [5.41, 5.74) is 2.87. The van der Waals surface area contributed by atoms with Gasteiger partial charge < -0.3 is 20.4 Å². The van der Waals surface area contributed by atoms with E-state index in [-0.39, 0.29) is 5.69 Å². The van der Waals surface area contributed by atoms with Gasteiger partial charge in [-0.1, -0.05) is 6.92 Å². The number of nitrogens with one attached hydrogen (secondary N) is 2. The Bertz CT molecular complexity index is 866. The van der Waals surface area contributed by atoms with Gasteiger partial charge in [-0.25, -0.2) is 8.78 Å². The number of anilines is 3. The number of piperazine rings is 1. The molecule has 0 aromatic heterocycles. The minimum absolute atomic E-state index is 0.165. The molecule has 156 valence electrons. The van der Waals surface area contributed by atoms with Crippen LogP contribution in [0.5, 0.6) is 0 Å². The number of benzene rings is 2. The highest BCUT2D eigenvalue weighted by atomic mass is 19.1. The fourth-order valence-electron chi connectivity index (χ4n) is 3.46. The molecule has 1 fully saturated rings. The minimum atomic E-state index is -0.671. The molecular formula is C22H28F2N4O. The quantitative estimate of drug-likeness (QED) is 0.771. The lowest BCUT2D eigenvalue weighted by molar-refractivity contribution is -0.116. The van der Waals surface area contributed by atoms with Gasteiger partial charge in [0.2, 0.25) is 5.91 Å². The first-order valence-electron chi connectivity index (χ1n) is 9.97. The first-order valence-corrected chi connectivity index (χ1v) is 9.97. The molecule has 1 heterocycles. The zero-order valence-electron chi connectivity index (χ0n) is 17.1. The van der Waals surface area contributed by atoms with Crippen LogP contribution in [0.15, 0.2) is 36.4 Å². The summed E-state index contributed by atoms with van der Waals surface area (Å²) < 4.78 is 27.0. The molecule has 1 aliphatic heterocycles. The van der Waals surface area contributed by atoms with Crippen molar-refractivity contribution in [3.05, 3.63) is 53.6 Å². The van der Waals surface area contributed by atoms with Crippen LogP contribution < -0.4 is 15.5 Å². The summed E-state index contributed by atoms with van der Waals surface area (Å²) >= 11 is 0.